The van der Waals surface area contributed by atoms with Gasteiger partial charge in [-0.2, -0.15) is 0 Å². The Morgan fingerprint density at radius 3 is 2.83 bits per heavy atom. The molecule has 1 aromatic carbocycles. The zero-order chi connectivity index (χ0) is 13.2. The largest absolute Gasteiger partial charge is 0.326 e. The van der Waals surface area contributed by atoms with Crippen molar-refractivity contribution in [3.63, 3.8) is 0 Å². The Bertz CT molecular complexity index is 474. The van der Waals surface area contributed by atoms with Gasteiger partial charge in [0.1, 0.15) is 6.29 Å². The van der Waals surface area contributed by atoms with E-state index in [9.17, 15) is 18.4 Å². The van der Waals surface area contributed by atoms with Gasteiger partial charge in [-0.3, -0.25) is 9.59 Å². The molecule has 0 spiro atoms. The molecule has 0 bridgehead atoms. The number of carbonyl (C=O) groups is 2. The number of hydrogen-bond donors (Lipinski definition) is 1. The van der Waals surface area contributed by atoms with Crippen LogP contribution in [0.15, 0.2) is 24.3 Å². The molecule has 0 radical (unpaired) electrons. The summed E-state index contributed by atoms with van der Waals surface area (Å²) in [6.45, 7) is 0. The van der Waals surface area contributed by atoms with Crippen LogP contribution >= 0.6 is 0 Å². The zero-order valence-electron chi connectivity index (χ0n) is 9.66. The average Bonchev–Trinajstić information content (AvgIpc) is 2.70. The van der Waals surface area contributed by atoms with Crippen molar-refractivity contribution >= 4 is 17.9 Å². The quantitative estimate of drug-likeness (QED) is 0.842. The fourth-order valence-electron chi connectivity index (χ4n) is 2.11. The molecule has 0 aliphatic heterocycles. The van der Waals surface area contributed by atoms with Gasteiger partial charge in [-0.1, -0.05) is 12.1 Å². The van der Waals surface area contributed by atoms with Crippen molar-refractivity contribution in [1.82, 2.24) is 0 Å². The van der Waals surface area contributed by atoms with Gasteiger partial charge < -0.3 is 5.32 Å². The summed E-state index contributed by atoms with van der Waals surface area (Å²) in [4.78, 5) is 22.3. The van der Waals surface area contributed by atoms with Crippen LogP contribution in [0.1, 0.15) is 29.6 Å². The van der Waals surface area contributed by atoms with E-state index in [4.69, 9.17) is 0 Å². The van der Waals surface area contributed by atoms with Gasteiger partial charge in [0.15, 0.2) is 0 Å². The molecule has 1 aliphatic carbocycles. The minimum Gasteiger partial charge on any atom is -0.326 e. The van der Waals surface area contributed by atoms with Crippen LogP contribution in [0.3, 0.4) is 0 Å². The summed E-state index contributed by atoms with van der Waals surface area (Å²) in [6, 6.07) is 6.37. The first-order valence-electron chi connectivity index (χ1n) is 5.74. The van der Waals surface area contributed by atoms with Gasteiger partial charge in [0.25, 0.3) is 0 Å². The van der Waals surface area contributed by atoms with E-state index >= 15 is 0 Å². The molecule has 1 fully saturated rings. The first-order valence-corrected chi connectivity index (χ1v) is 5.74. The molecule has 18 heavy (non-hydrogen) atoms. The first kappa shape index (κ1) is 12.7. The van der Waals surface area contributed by atoms with Crippen molar-refractivity contribution in [2.24, 2.45) is 5.92 Å². The molecular weight excluding hydrogens is 240 g/mol. The van der Waals surface area contributed by atoms with Gasteiger partial charge in [-0.05, 0) is 18.6 Å². The Balaban J connectivity index is 2.01. The van der Waals surface area contributed by atoms with Gasteiger partial charge >= 0.3 is 0 Å². The lowest BCUT2D eigenvalue weighted by Crippen LogP contribution is -2.22. The second-order valence-electron chi connectivity index (χ2n) is 4.53. The number of carbonyl (C=O) groups excluding carboxylic acids is 2. The maximum atomic E-state index is 13.0. The highest BCUT2D eigenvalue weighted by molar-refractivity contribution is 5.93. The number of nitrogens with one attached hydrogen (secondary N) is 1. The maximum absolute atomic E-state index is 13.0. The molecule has 1 amide bonds. The van der Waals surface area contributed by atoms with Crippen molar-refractivity contribution in [1.29, 1.82) is 0 Å². The summed E-state index contributed by atoms with van der Waals surface area (Å²) in [6.07, 6.45) is 0.233. The summed E-state index contributed by atoms with van der Waals surface area (Å²) < 4.78 is 26.0. The van der Waals surface area contributed by atoms with E-state index < -0.39 is 24.2 Å². The van der Waals surface area contributed by atoms with E-state index in [2.05, 4.69) is 5.32 Å². The van der Waals surface area contributed by atoms with Crippen LogP contribution in [0.25, 0.3) is 0 Å². The highest BCUT2D eigenvalue weighted by atomic mass is 19.3. The smallest absolute Gasteiger partial charge is 0.248 e. The van der Waals surface area contributed by atoms with Crippen LogP contribution in [-0.2, 0) is 4.79 Å². The van der Waals surface area contributed by atoms with Crippen molar-refractivity contribution < 1.29 is 18.4 Å². The van der Waals surface area contributed by atoms with Crippen molar-refractivity contribution in [2.75, 3.05) is 5.32 Å². The molecule has 3 nitrogen and oxygen atoms in total. The van der Waals surface area contributed by atoms with Crippen molar-refractivity contribution in [2.45, 2.75) is 25.2 Å². The monoisotopic (exact) mass is 253 g/mol. The molecule has 1 aromatic rings. The van der Waals surface area contributed by atoms with E-state index in [0.29, 0.717) is 17.5 Å². The molecule has 1 aliphatic rings. The second kappa shape index (κ2) is 4.84. The molecule has 96 valence electrons. The molecule has 0 saturated heterocycles. The number of halogens is 2. The predicted molar refractivity (Wildman–Crippen MR) is 62.7 cm³/mol. The number of hydrogen-bond acceptors (Lipinski definition) is 2. The van der Waals surface area contributed by atoms with E-state index in [1.165, 1.54) is 6.07 Å². The van der Waals surface area contributed by atoms with Gasteiger partial charge in [-0.15, -0.1) is 0 Å². The summed E-state index contributed by atoms with van der Waals surface area (Å²) in [5, 5.41) is 2.57. The fourth-order valence-corrected chi connectivity index (χ4v) is 2.11. The topological polar surface area (TPSA) is 46.2 Å². The van der Waals surface area contributed by atoms with Crippen molar-refractivity contribution in [3.8, 4) is 0 Å². The van der Waals surface area contributed by atoms with Gasteiger partial charge in [0, 0.05) is 30.0 Å². The van der Waals surface area contributed by atoms with Gasteiger partial charge in [-0.25, -0.2) is 8.78 Å². The lowest BCUT2D eigenvalue weighted by molar-refractivity contribution is -0.120. The number of aldehydes is 1. The van der Waals surface area contributed by atoms with E-state index in [0.717, 1.165) is 0 Å². The van der Waals surface area contributed by atoms with Crippen LogP contribution in [0.2, 0.25) is 0 Å². The summed E-state index contributed by atoms with van der Waals surface area (Å²) in [7, 11) is 0. The molecule has 1 N–H and O–H groups in total. The highest BCUT2D eigenvalue weighted by Crippen LogP contribution is 2.39. The molecule has 0 aromatic heterocycles. The maximum Gasteiger partial charge on any atom is 0.248 e. The molecule has 1 unspecified atom stereocenters. The van der Waals surface area contributed by atoms with Crippen LogP contribution in [-0.4, -0.2) is 18.1 Å². The zero-order valence-corrected chi connectivity index (χ0v) is 9.66. The Kier molecular flexibility index (Phi) is 3.41. The lowest BCUT2D eigenvalue weighted by atomic mass is 10.1. The minimum atomic E-state index is -2.73. The Labute approximate surface area is 103 Å². The van der Waals surface area contributed by atoms with E-state index in [1.807, 2.05) is 0 Å². The third-order valence-corrected chi connectivity index (χ3v) is 3.06. The second-order valence-corrected chi connectivity index (χ2v) is 4.53. The van der Waals surface area contributed by atoms with Crippen LogP contribution in [0, 0.1) is 5.92 Å². The van der Waals surface area contributed by atoms with Gasteiger partial charge in [0.05, 0.1) is 0 Å². The Hall–Kier alpha value is -1.78. The Morgan fingerprint density at radius 1 is 1.44 bits per heavy atom. The highest BCUT2D eigenvalue weighted by Gasteiger charge is 2.42. The molecule has 5 heteroatoms. The minimum absolute atomic E-state index is 0.201. The molecule has 1 atom stereocenters. The van der Waals surface area contributed by atoms with Crippen LogP contribution in [0.5, 0.6) is 0 Å². The third-order valence-electron chi connectivity index (χ3n) is 3.06. The molecule has 2 rings (SSSR count). The normalized spacial score (nSPS) is 21.6. The molecule has 1 saturated carbocycles. The lowest BCUT2D eigenvalue weighted by Gasteiger charge is -2.11. The number of alkyl halides is 2. The first-order chi connectivity index (χ1) is 8.50. The SMILES string of the molecule is O=Cc1cccc(NC(=O)C2CCC(F)(F)C2)c1. The van der Waals surface area contributed by atoms with E-state index in [-0.39, 0.29) is 12.8 Å². The fraction of sp³-hybridized carbons (Fsp3) is 0.385. The van der Waals surface area contributed by atoms with Crippen molar-refractivity contribution in [3.05, 3.63) is 29.8 Å². The summed E-state index contributed by atoms with van der Waals surface area (Å²) in [5.41, 5.74) is 0.893. The van der Waals surface area contributed by atoms with Crippen LogP contribution < -0.4 is 5.32 Å². The standard InChI is InChI=1S/C13H13F2NO2/c14-13(15)5-4-10(7-13)12(18)16-11-3-1-2-9(6-11)8-17/h1-3,6,8,10H,4-5,7H2,(H,16,18). The third kappa shape index (κ3) is 2.91. The predicted octanol–water partition coefficient (Wildman–Crippen LogP) is 2.87. The number of anilines is 1. The number of amides is 1. The Morgan fingerprint density at radius 2 is 2.22 bits per heavy atom. The molecular formula is C13H13F2NO2. The van der Waals surface area contributed by atoms with Crippen LogP contribution in [0.4, 0.5) is 14.5 Å². The summed E-state index contributed by atoms with van der Waals surface area (Å²) >= 11 is 0. The molecule has 0 heterocycles. The number of rotatable bonds is 3. The van der Waals surface area contributed by atoms with E-state index in [1.54, 1.807) is 18.2 Å². The summed E-state index contributed by atoms with van der Waals surface area (Å²) in [5.74, 6) is -3.79. The average molecular weight is 253 g/mol. The van der Waals surface area contributed by atoms with Gasteiger partial charge in [0.2, 0.25) is 11.8 Å². The number of benzene rings is 1.